The second kappa shape index (κ2) is 1.95. The third-order valence-corrected chi connectivity index (χ3v) is 1.62. The lowest BCUT2D eigenvalue weighted by molar-refractivity contribution is 0.124. The molecule has 0 bridgehead atoms. The Morgan fingerprint density at radius 2 is 2.36 bits per heavy atom. The molecule has 0 aliphatic rings. The summed E-state index contributed by atoms with van der Waals surface area (Å²) in [6.45, 7) is 0. The average Bonchev–Trinajstić information content (AvgIpc) is 2.45. The minimum absolute atomic E-state index is 0.742. The van der Waals surface area contributed by atoms with E-state index >= 15 is 0 Å². The molecule has 2 rings (SSSR count). The lowest BCUT2D eigenvalue weighted by atomic mass is 10.5. The van der Waals surface area contributed by atoms with E-state index in [1.807, 2.05) is 22.8 Å². The van der Waals surface area contributed by atoms with Gasteiger partial charge in [-0.15, -0.1) is 4.85 Å². The SMILES string of the molecule is COn1ccc2cc(N)cn21. The van der Waals surface area contributed by atoms with Crippen LogP contribution in [0.3, 0.4) is 0 Å². The van der Waals surface area contributed by atoms with E-state index in [9.17, 15) is 0 Å². The van der Waals surface area contributed by atoms with Gasteiger partial charge in [0.2, 0.25) is 0 Å². The number of hydrogen-bond acceptors (Lipinski definition) is 2. The van der Waals surface area contributed by atoms with Crippen molar-refractivity contribution in [1.29, 1.82) is 0 Å². The largest absolute Gasteiger partial charge is 0.401 e. The maximum absolute atomic E-state index is 5.57. The van der Waals surface area contributed by atoms with Crippen LogP contribution in [0.2, 0.25) is 0 Å². The predicted molar refractivity (Wildman–Crippen MR) is 42.3 cm³/mol. The van der Waals surface area contributed by atoms with Crippen molar-refractivity contribution in [2.75, 3.05) is 12.8 Å². The Kier molecular flexibility index (Phi) is 1.09. The van der Waals surface area contributed by atoms with Gasteiger partial charge in [0.1, 0.15) is 7.11 Å². The smallest absolute Gasteiger partial charge is 0.106 e. The Labute approximate surface area is 63.7 Å². The number of rotatable bonds is 1. The number of nitrogens with two attached hydrogens (primary N) is 1. The Bertz CT molecular complexity index is 374. The molecule has 2 aromatic heterocycles. The van der Waals surface area contributed by atoms with Crippen LogP contribution in [0.4, 0.5) is 5.69 Å². The molecule has 0 aliphatic carbocycles. The van der Waals surface area contributed by atoms with Crippen LogP contribution in [0.5, 0.6) is 0 Å². The molecule has 0 fully saturated rings. The Morgan fingerprint density at radius 1 is 1.55 bits per heavy atom. The summed E-state index contributed by atoms with van der Waals surface area (Å²) >= 11 is 0. The summed E-state index contributed by atoms with van der Waals surface area (Å²) in [6.07, 6.45) is 3.63. The summed E-state index contributed by atoms with van der Waals surface area (Å²) in [4.78, 5) is 6.61. The molecule has 11 heavy (non-hydrogen) atoms. The van der Waals surface area contributed by atoms with Gasteiger partial charge in [0, 0.05) is 0 Å². The Balaban J connectivity index is 2.73. The van der Waals surface area contributed by atoms with Crippen LogP contribution in [-0.2, 0) is 0 Å². The average molecular weight is 151 g/mol. The van der Waals surface area contributed by atoms with Crippen molar-refractivity contribution in [2.45, 2.75) is 0 Å². The highest BCUT2D eigenvalue weighted by Gasteiger charge is 1.99. The van der Waals surface area contributed by atoms with E-state index in [1.54, 1.807) is 18.2 Å². The van der Waals surface area contributed by atoms with Crippen molar-refractivity contribution in [2.24, 2.45) is 0 Å². The molecule has 0 saturated heterocycles. The van der Waals surface area contributed by atoms with Crippen LogP contribution >= 0.6 is 0 Å². The van der Waals surface area contributed by atoms with Crippen LogP contribution in [0.1, 0.15) is 0 Å². The molecule has 58 valence electrons. The maximum atomic E-state index is 5.57. The Morgan fingerprint density at radius 3 is 3.09 bits per heavy atom. The lowest BCUT2D eigenvalue weighted by Crippen LogP contribution is -2.09. The standard InChI is InChI=1S/C7H9N3O/c1-11-10-3-2-7-4-6(8)5-9(7)10/h2-5H,8H2,1H3. The highest BCUT2D eigenvalue weighted by molar-refractivity contribution is 5.57. The first-order chi connectivity index (χ1) is 5.31. The lowest BCUT2D eigenvalue weighted by Gasteiger charge is -2.00. The van der Waals surface area contributed by atoms with E-state index in [1.165, 1.54) is 0 Å². The normalized spacial score (nSPS) is 10.6. The van der Waals surface area contributed by atoms with Gasteiger partial charge in [-0.25, -0.2) is 4.52 Å². The minimum Gasteiger partial charge on any atom is -0.401 e. The van der Waals surface area contributed by atoms with Crippen molar-refractivity contribution in [1.82, 2.24) is 9.36 Å². The number of fused-ring (bicyclic) bond motifs is 1. The molecule has 2 heterocycles. The molecule has 0 amide bonds. The molecule has 0 aliphatic heterocycles. The van der Waals surface area contributed by atoms with Crippen molar-refractivity contribution >= 4 is 11.2 Å². The van der Waals surface area contributed by atoms with E-state index < -0.39 is 0 Å². The summed E-state index contributed by atoms with van der Waals surface area (Å²) < 4.78 is 1.83. The van der Waals surface area contributed by atoms with Gasteiger partial charge < -0.3 is 10.6 Å². The number of aromatic nitrogens is 2. The summed E-state index contributed by atoms with van der Waals surface area (Å²) in [5.74, 6) is 0. The molecule has 2 N–H and O–H groups in total. The molecule has 0 aromatic carbocycles. The topological polar surface area (TPSA) is 44.6 Å². The molecular weight excluding hydrogens is 142 g/mol. The number of anilines is 1. The quantitative estimate of drug-likeness (QED) is 0.640. The van der Waals surface area contributed by atoms with E-state index in [0.29, 0.717) is 0 Å². The zero-order valence-electron chi connectivity index (χ0n) is 6.19. The van der Waals surface area contributed by atoms with Crippen molar-refractivity contribution in [3.63, 3.8) is 0 Å². The van der Waals surface area contributed by atoms with Gasteiger partial charge in [0.05, 0.1) is 23.6 Å². The van der Waals surface area contributed by atoms with Gasteiger partial charge in [-0.1, -0.05) is 0 Å². The number of nitrogens with zero attached hydrogens (tertiary/aromatic N) is 2. The first-order valence-electron chi connectivity index (χ1n) is 3.31. The van der Waals surface area contributed by atoms with Gasteiger partial charge in [-0.2, -0.15) is 0 Å². The monoisotopic (exact) mass is 151 g/mol. The van der Waals surface area contributed by atoms with Crippen LogP contribution < -0.4 is 10.6 Å². The fourth-order valence-electron chi connectivity index (χ4n) is 1.15. The fraction of sp³-hybridized carbons (Fsp3) is 0.143. The van der Waals surface area contributed by atoms with Crippen molar-refractivity contribution in [3.8, 4) is 0 Å². The van der Waals surface area contributed by atoms with E-state index in [0.717, 1.165) is 11.2 Å². The molecule has 4 heteroatoms. The second-order valence-electron chi connectivity index (χ2n) is 2.34. The molecule has 0 atom stereocenters. The van der Waals surface area contributed by atoms with Gasteiger partial charge in [-0.3, -0.25) is 0 Å². The van der Waals surface area contributed by atoms with E-state index in [-0.39, 0.29) is 0 Å². The summed E-state index contributed by atoms with van der Waals surface area (Å²) in [5, 5.41) is 0. The van der Waals surface area contributed by atoms with Gasteiger partial charge in [0.15, 0.2) is 0 Å². The van der Waals surface area contributed by atoms with E-state index in [2.05, 4.69) is 0 Å². The molecule has 0 spiro atoms. The second-order valence-corrected chi connectivity index (χ2v) is 2.34. The van der Waals surface area contributed by atoms with Crippen LogP contribution in [-0.4, -0.2) is 16.5 Å². The van der Waals surface area contributed by atoms with Crippen LogP contribution in [0, 0.1) is 0 Å². The summed E-state index contributed by atoms with van der Waals surface area (Å²) in [6, 6.07) is 3.81. The summed E-state index contributed by atoms with van der Waals surface area (Å²) in [5.41, 5.74) is 7.34. The first-order valence-corrected chi connectivity index (χ1v) is 3.31. The molecule has 0 saturated carbocycles. The van der Waals surface area contributed by atoms with Crippen molar-refractivity contribution in [3.05, 3.63) is 24.5 Å². The maximum Gasteiger partial charge on any atom is 0.106 e. The van der Waals surface area contributed by atoms with Gasteiger partial charge >= 0.3 is 0 Å². The third kappa shape index (κ3) is 0.756. The van der Waals surface area contributed by atoms with Crippen LogP contribution in [0.25, 0.3) is 5.52 Å². The molecular formula is C7H9N3O. The first kappa shape index (κ1) is 6.15. The fourth-order valence-corrected chi connectivity index (χ4v) is 1.15. The van der Waals surface area contributed by atoms with Gasteiger partial charge in [-0.05, 0) is 12.1 Å². The molecule has 4 nitrogen and oxygen atoms in total. The van der Waals surface area contributed by atoms with Crippen molar-refractivity contribution < 1.29 is 4.84 Å². The predicted octanol–water partition coefficient (Wildman–Crippen LogP) is 0.381. The van der Waals surface area contributed by atoms with Crippen LogP contribution in [0.15, 0.2) is 24.5 Å². The van der Waals surface area contributed by atoms with Gasteiger partial charge in [0.25, 0.3) is 0 Å². The zero-order valence-corrected chi connectivity index (χ0v) is 6.19. The number of hydrogen-bond donors (Lipinski definition) is 1. The highest BCUT2D eigenvalue weighted by atomic mass is 16.7. The third-order valence-electron chi connectivity index (χ3n) is 1.62. The molecule has 2 aromatic rings. The van der Waals surface area contributed by atoms with E-state index in [4.69, 9.17) is 10.6 Å². The zero-order chi connectivity index (χ0) is 7.84. The number of nitrogen functional groups attached to an aromatic ring is 1. The minimum atomic E-state index is 0.742. The molecule has 0 unspecified atom stereocenters. The highest BCUT2D eigenvalue weighted by Crippen LogP contribution is 2.10. The molecule has 0 radical (unpaired) electrons. The Hall–Kier alpha value is -1.58. The summed E-state index contributed by atoms with van der Waals surface area (Å²) in [7, 11) is 1.61.